The molecule has 0 radical (unpaired) electrons. The third kappa shape index (κ3) is 5.09. The Morgan fingerprint density at radius 3 is 2.89 bits per heavy atom. The van der Waals surface area contributed by atoms with Gasteiger partial charge in [0.15, 0.2) is 0 Å². The number of nitrogens with zero attached hydrogens (tertiary/aromatic N) is 1. The average Bonchev–Trinajstić information content (AvgIpc) is 3.10. The van der Waals surface area contributed by atoms with Gasteiger partial charge in [-0.15, -0.1) is 11.3 Å². The molecule has 1 heterocycles. The van der Waals surface area contributed by atoms with Crippen molar-refractivity contribution >= 4 is 11.3 Å². The Bertz CT molecular complexity index is 306. The number of hydrogen-bond donors (Lipinski definition) is 1. The largest absolute Gasteiger partial charge is 0.317 e. The van der Waals surface area contributed by atoms with Gasteiger partial charge in [0.2, 0.25) is 0 Å². The third-order valence-corrected chi connectivity index (χ3v) is 4.41. The van der Waals surface area contributed by atoms with Crippen molar-refractivity contribution in [2.75, 3.05) is 19.6 Å². The van der Waals surface area contributed by atoms with Crippen LogP contribution in [0, 0.1) is 0 Å². The standard InChI is InChI=1S/C15H26N2S/c1-2-16-10-4-3-5-11-17(14-8-9-14)13-15-7-6-12-18-15/h6-7,12,14,16H,2-5,8-11,13H2,1H3. The molecule has 0 saturated heterocycles. The molecule has 2 rings (SSSR count). The van der Waals surface area contributed by atoms with E-state index >= 15 is 0 Å². The first-order valence-electron chi connectivity index (χ1n) is 7.37. The quantitative estimate of drug-likeness (QED) is 0.652. The zero-order valence-corrected chi connectivity index (χ0v) is 12.3. The van der Waals surface area contributed by atoms with Crippen LogP contribution in [0.15, 0.2) is 17.5 Å². The van der Waals surface area contributed by atoms with E-state index in [1.807, 2.05) is 11.3 Å². The molecule has 2 nitrogen and oxygen atoms in total. The first-order chi connectivity index (χ1) is 8.90. The van der Waals surface area contributed by atoms with Crippen molar-refractivity contribution in [2.24, 2.45) is 0 Å². The van der Waals surface area contributed by atoms with E-state index in [1.165, 1.54) is 56.6 Å². The molecule has 0 atom stereocenters. The number of thiophene rings is 1. The van der Waals surface area contributed by atoms with Crippen LogP contribution < -0.4 is 5.32 Å². The lowest BCUT2D eigenvalue weighted by molar-refractivity contribution is 0.250. The summed E-state index contributed by atoms with van der Waals surface area (Å²) in [5.74, 6) is 0. The Morgan fingerprint density at radius 2 is 2.22 bits per heavy atom. The van der Waals surface area contributed by atoms with Gasteiger partial charge in [0.1, 0.15) is 0 Å². The molecular formula is C15H26N2S. The normalized spacial score (nSPS) is 15.4. The summed E-state index contributed by atoms with van der Waals surface area (Å²) in [6, 6.07) is 5.33. The van der Waals surface area contributed by atoms with E-state index in [1.54, 1.807) is 0 Å². The molecule has 0 unspecified atom stereocenters. The van der Waals surface area contributed by atoms with E-state index in [0.29, 0.717) is 0 Å². The van der Waals surface area contributed by atoms with Gasteiger partial charge >= 0.3 is 0 Å². The van der Waals surface area contributed by atoms with Crippen LogP contribution in [0.3, 0.4) is 0 Å². The van der Waals surface area contributed by atoms with Gasteiger partial charge in [-0.05, 0) is 56.8 Å². The second-order valence-electron chi connectivity index (χ2n) is 5.20. The molecule has 18 heavy (non-hydrogen) atoms. The molecule has 1 aliphatic rings. The van der Waals surface area contributed by atoms with E-state index in [0.717, 1.165) is 12.6 Å². The van der Waals surface area contributed by atoms with E-state index in [-0.39, 0.29) is 0 Å². The maximum atomic E-state index is 3.40. The van der Waals surface area contributed by atoms with Crippen molar-refractivity contribution in [3.05, 3.63) is 22.4 Å². The van der Waals surface area contributed by atoms with E-state index in [2.05, 4.69) is 34.7 Å². The molecule has 0 amide bonds. The summed E-state index contributed by atoms with van der Waals surface area (Å²) in [6.07, 6.45) is 6.88. The van der Waals surface area contributed by atoms with Crippen molar-refractivity contribution in [2.45, 2.75) is 51.6 Å². The minimum Gasteiger partial charge on any atom is -0.317 e. The minimum absolute atomic E-state index is 0.890. The predicted molar refractivity (Wildman–Crippen MR) is 80.1 cm³/mol. The molecule has 0 aromatic carbocycles. The van der Waals surface area contributed by atoms with E-state index < -0.39 is 0 Å². The zero-order chi connectivity index (χ0) is 12.6. The summed E-state index contributed by atoms with van der Waals surface area (Å²) < 4.78 is 0. The van der Waals surface area contributed by atoms with E-state index in [4.69, 9.17) is 0 Å². The highest BCUT2D eigenvalue weighted by atomic mass is 32.1. The Balaban J connectivity index is 1.61. The Labute approximate surface area is 115 Å². The fraction of sp³-hybridized carbons (Fsp3) is 0.733. The molecule has 1 saturated carbocycles. The number of nitrogens with one attached hydrogen (secondary N) is 1. The maximum Gasteiger partial charge on any atom is 0.0330 e. The van der Waals surface area contributed by atoms with Crippen LogP contribution in [0.25, 0.3) is 0 Å². The number of hydrogen-bond acceptors (Lipinski definition) is 3. The van der Waals surface area contributed by atoms with Gasteiger partial charge in [0, 0.05) is 17.5 Å². The van der Waals surface area contributed by atoms with Gasteiger partial charge < -0.3 is 5.32 Å². The lowest BCUT2D eigenvalue weighted by atomic mass is 10.2. The van der Waals surface area contributed by atoms with Crippen LogP contribution in [0.1, 0.15) is 43.9 Å². The van der Waals surface area contributed by atoms with Crippen LogP contribution in [0.5, 0.6) is 0 Å². The molecule has 102 valence electrons. The fourth-order valence-electron chi connectivity index (χ4n) is 2.35. The SMILES string of the molecule is CCNCCCCCN(Cc1cccs1)C1CC1. The average molecular weight is 266 g/mol. The van der Waals surface area contributed by atoms with Crippen LogP contribution in [0.4, 0.5) is 0 Å². The molecule has 0 aliphatic heterocycles. The third-order valence-electron chi connectivity index (χ3n) is 3.55. The van der Waals surface area contributed by atoms with Gasteiger partial charge in [0.05, 0.1) is 0 Å². The summed E-state index contributed by atoms with van der Waals surface area (Å²) in [7, 11) is 0. The van der Waals surface area contributed by atoms with Gasteiger partial charge in [-0.2, -0.15) is 0 Å². The Morgan fingerprint density at radius 1 is 1.33 bits per heavy atom. The van der Waals surface area contributed by atoms with Crippen LogP contribution in [0.2, 0.25) is 0 Å². The van der Waals surface area contributed by atoms with Crippen LogP contribution >= 0.6 is 11.3 Å². The molecule has 0 bridgehead atoms. The summed E-state index contributed by atoms with van der Waals surface area (Å²) in [4.78, 5) is 4.22. The van der Waals surface area contributed by atoms with E-state index in [9.17, 15) is 0 Å². The Kier molecular flexibility index (Phi) is 6.18. The van der Waals surface area contributed by atoms with Gasteiger partial charge in [-0.25, -0.2) is 0 Å². The summed E-state index contributed by atoms with van der Waals surface area (Å²) in [5.41, 5.74) is 0. The highest BCUT2D eigenvalue weighted by molar-refractivity contribution is 7.09. The summed E-state index contributed by atoms with van der Waals surface area (Å²) >= 11 is 1.90. The Hall–Kier alpha value is -0.380. The highest BCUT2D eigenvalue weighted by Gasteiger charge is 2.28. The van der Waals surface area contributed by atoms with Crippen molar-refractivity contribution in [3.8, 4) is 0 Å². The molecule has 1 aliphatic carbocycles. The van der Waals surface area contributed by atoms with Crippen molar-refractivity contribution in [3.63, 3.8) is 0 Å². The van der Waals surface area contributed by atoms with Crippen molar-refractivity contribution in [1.82, 2.24) is 10.2 Å². The zero-order valence-electron chi connectivity index (χ0n) is 11.5. The monoisotopic (exact) mass is 266 g/mol. The fourth-order valence-corrected chi connectivity index (χ4v) is 3.08. The highest BCUT2D eigenvalue weighted by Crippen LogP contribution is 2.29. The molecular weight excluding hydrogens is 240 g/mol. The smallest absolute Gasteiger partial charge is 0.0330 e. The van der Waals surface area contributed by atoms with Crippen molar-refractivity contribution in [1.29, 1.82) is 0 Å². The van der Waals surface area contributed by atoms with Crippen LogP contribution in [-0.2, 0) is 6.54 Å². The minimum atomic E-state index is 0.890. The van der Waals surface area contributed by atoms with Crippen LogP contribution in [-0.4, -0.2) is 30.6 Å². The molecule has 0 spiro atoms. The summed E-state index contributed by atoms with van der Waals surface area (Å²) in [5, 5.41) is 5.59. The molecule has 3 heteroatoms. The first kappa shape index (κ1) is 14.0. The number of unbranched alkanes of at least 4 members (excludes halogenated alkanes) is 2. The predicted octanol–water partition coefficient (Wildman–Crippen LogP) is 3.49. The maximum absolute atomic E-state index is 3.40. The molecule has 1 aromatic heterocycles. The first-order valence-corrected chi connectivity index (χ1v) is 8.25. The van der Waals surface area contributed by atoms with Gasteiger partial charge in [-0.1, -0.05) is 19.4 Å². The molecule has 1 fully saturated rings. The molecule has 1 aromatic rings. The van der Waals surface area contributed by atoms with Crippen molar-refractivity contribution < 1.29 is 0 Å². The summed E-state index contributed by atoms with van der Waals surface area (Å²) in [6.45, 7) is 6.93. The van der Waals surface area contributed by atoms with Gasteiger partial charge in [0.25, 0.3) is 0 Å². The second kappa shape index (κ2) is 7.93. The van der Waals surface area contributed by atoms with Gasteiger partial charge in [-0.3, -0.25) is 4.90 Å². The lowest BCUT2D eigenvalue weighted by Gasteiger charge is -2.21. The second-order valence-corrected chi connectivity index (χ2v) is 6.23. The topological polar surface area (TPSA) is 15.3 Å². The molecule has 1 N–H and O–H groups in total. The lowest BCUT2D eigenvalue weighted by Crippen LogP contribution is -2.26. The number of rotatable bonds is 10.